The summed E-state index contributed by atoms with van der Waals surface area (Å²) in [6, 6.07) is 12.4. The second-order valence-electron chi connectivity index (χ2n) is 4.48. The third-order valence-corrected chi connectivity index (χ3v) is 3.18. The molecule has 2 aromatic carbocycles. The van der Waals surface area contributed by atoms with E-state index in [4.69, 9.17) is 4.74 Å². The number of ether oxygens (including phenoxy) is 1. The highest BCUT2D eigenvalue weighted by atomic mass is 19.3. The first-order valence-electron chi connectivity index (χ1n) is 6.24. The third kappa shape index (κ3) is 2.50. The van der Waals surface area contributed by atoms with E-state index in [-0.39, 0.29) is 11.6 Å². The molecule has 0 atom stereocenters. The van der Waals surface area contributed by atoms with Crippen LogP contribution in [0.25, 0.3) is 22.2 Å². The summed E-state index contributed by atoms with van der Waals surface area (Å²) in [5, 5.41) is 0.512. The minimum absolute atomic E-state index is 0.0296. The van der Waals surface area contributed by atoms with Crippen LogP contribution in [-0.2, 0) is 0 Å². The molecule has 0 N–H and O–H groups in total. The number of halogens is 2. The molecule has 0 unspecified atom stereocenters. The Morgan fingerprint density at radius 1 is 1.05 bits per heavy atom. The van der Waals surface area contributed by atoms with Crippen LogP contribution in [0.4, 0.5) is 8.92 Å². The molecule has 0 bridgehead atoms. The zero-order valence-corrected chi connectivity index (χ0v) is 11.1. The van der Waals surface area contributed by atoms with E-state index in [1.807, 2.05) is 0 Å². The minimum Gasteiger partial charge on any atom is -0.497 e. The van der Waals surface area contributed by atoms with Gasteiger partial charge in [-0.2, -0.15) is 0 Å². The molecule has 0 radical (unpaired) electrons. The van der Waals surface area contributed by atoms with Crippen molar-refractivity contribution in [3.63, 3.8) is 0 Å². The average Bonchev–Trinajstić information content (AvgIpc) is 2.53. The van der Waals surface area contributed by atoms with Gasteiger partial charge in [0.25, 0.3) is 0 Å². The van der Waals surface area contributed by atoms with Crippen LogP contribution in [0, 0.1) is 5.82 Å². The number of rotatable bonds is 3. The van der Waals surface area contributed by atoms with E-state index < -0.39 is 0 Å². The number of fused-ring (bicyclic) bond motifs is 1. The van der Waals surface area contributed by atoms with E-state index in [0.717, 1.165) is 0 Å². The van der Waals surface area contributed by atoms with E-state index in [1.54, 1.807) is 30.3 Å². The van der Waals surface area contributed by atoms with Gasteiger partial charge in [0, 0.05) is 27.6 Å². The third-order valence-electron chi connectivity index (χ3n) is 3.18. The monoisotopic (exact) mass is 287 g/mol. The predicted molar refractivity (Wildman–Crippen MR) is 75.4 cm³/mol. The van der Waals surface area contributed by atoms with Crippen LogP contribution in [0.1, 0.15) is 0 Å². The molecule has 3 nitrogen and oxygen atoms in total. The van der Waals surface area contributed by atoms with Crippen molar-refractivity contribution >= 4 is 10.9 Å². The average molecular weight is 287 g/mol. The van der Waals surface area contributed by atoms with E-state index in [0.29, 0.717) is 27.9 Å². The molecule has 0 fully saturated rings. The van der Waals surface area contributed by atoms with Gasteiger partial charge < -0.3 is 4.74 Å². The van der Waals surface area contributed by atoms with Crippen LogP contribution in [-0.4, -0.2) is 12.1 Å². The van der Waals surface area contributed by atoms with Crippen LogP contribution in [0.5, 0.6) is 11.5 Å². The molecule has 3 aromatic rings. The van der Waals surface area contributed by atoms with Gasteiger partial charge in [-0.05, 0) is 24.3 Å². The Kier molecular flexibility index (Phi) is 3.39. The molecule has 0 saturated heterocycles. The van der Waals surface area contributed by atoms with Crippen molar-refractivity contribution in [1.82, 2.24) is 4.98 Å². The first-order chi connectivity index (χ1) is 10.2. The van der Waals surface area contributed by atoms with Crippen molar-refractivity contribution in [2.24, 2.45) is 0 Å². The van der Waals surface area contributed by atoms with Gasteiger partial charge in [-0.3, -0.25) is 4.94 Å². The Hall–Kier alpha value is -2.69. The first-order valence-corrected chi connectivity index (χ1v) is 6.24. The lowest BCUT2D eigenvalue weighted by Crippen LogP contribution is -1.91. The van der Waals surface area contributed by atoms with Gasteiger partial charge in [0.1, 0.15) is 11.6 Å². The van der Waals surface area contributed by atoms with Crippen molar-refractivity contribution in [3.8, 4) is 22.8 Å². The van der Waals surface area contributed by atoms with Crippen LogP contribution in [0.2, 0.25) is 0 Å². The van der Waals surface area contributed by atoms with E-state index in [2.05, 4.69) is 9.93 Å². The van der Waals surface area contributed by atoms with Crippen molar-refractivity contribution in [2.75, 3.05) is 7.11 Å². The maximum Gasteiger partial charge on any atom is 0.183 e. The van der Waals surface area contributed by atoms with Crippen LogP contribution in [0.3, 0.4) is 0 Å². The van der Waals surface area contributed by atoms with Crippen LogP contribution in [0.15, 0.2) is 48.5 Å². The number of benzene rings is 2. The molecule has 1 heterocycles. The van der Waals surface area contributed by atoms with E-state index >= 15 is 0 Å². The Morgan fingerprint density at radius 2 is 1.90 bits per heavy atom. The van der Waals surface area contributed by atoms with Crippen LogP contribution >= 0.6 is 0 Å². The minimum atomic E-state index is -0.386. The summed E-state index contributed by atoms with van der Waals surface area (Å²) in [6.45, 7) is 0. The second kappa shape index (κ2) is 5.36. The summed E-state index contributed by atoms with van der Waals surface area (Å²) < 4.78 is 31.2. The molecule has 0 aliphatic rings. The molecule has 5 heteroatoms. The Labute approximate surface area is 119 Å². The standard InChI is InChI=1S/C16H11F2NO2/c1-20-12-5-6-13-15(8-12)19-14(9-16(13)21-18)10-3-2-4-11(17)7-10/h2-9H,1H3. The van der Waals surface area contributed by atoms with Crippen molar-refractivity contribution in [3.05, 3.63) is 54.3 Å². The highest BCUT2D eigenvalue weighted by molar-refractivity contribution is 5.88. The summed E-state index contributed by atoms with van der Waals surface area (Å²) >= 11 is 0. The highest BCUT2D eigenvalue weighted by Crippen LogP contribution is 2.32. The lowest BCUT2D eigenvalue weighted by Gasteiger charge is -2.08. The maximum absolute atomic E-state index is 13.3. The summed E-state index contributed by atoms with van der Waals surface area (Å²) in [5.74, 6) is 0.237. The first kappa shape index (κ1) is 13.3. The van der Waals surface area contributed by atoms with Crippen molar-refractivity contribution in [2.45, 2.75) is 0 Å². The highest BCUT2D eigenvalue weighted by Gasteiger charge is 2.11. The largest absolute Gasteiger partial charge is 0.497 e. The zero-order valence-electron chi connectivity index (χ0n) is 11.1. The van der Waals surface area contributed by atoms with Gasteiger partial charge in [-0.15, -0.1) is 0 Å². The van der Waals surface area contributed by atoms with Gasteiger partial charge in [0.15, 0.2) is 5.75 Å². The fraction of sp³-hybridized carbons (Fsp3) is 0.0625. The van der Waals surface area contributed by atoms with Crippen molar-refractivity contribution in [1.29, 1.82) is 0 Å². The summed E-state index contributed by atoms with van der Waals surface area (Å²) in [6.07, 6.45) is 0. The van der Waals surface area contributed by atoms with Gasteiger partial charge in [0.2, 0.25) is 0 Å². The van der Waals surface area contributed by atoms with Gasteiger partial charge in [-0.1, -0.05) is 12.1 Å². The van der Waals surface area contributed by atoms with E-state index in [1.165, 1.54) is 25.3 Å². The number of hydrogen-bond donors (Lipinski definition) is 0. The zero-order chi connectivity index (χ0) is 14.8. The topological polar surface area (TPSA) is 31.4 Å². The quantitative estimate of drug-likeness (QED) is 0.719. The number of pyridine rings is 1. The molecule has 0 aliphatic carbocycles. The Balaban J connectivity index is 2.24. The fourth-order valence-corrected chi connectivity index (χ4v) is 2.16. The number of nitrogens with zero attached hydrogens (tertiary/aromatic N) is 1. The van der Waals surface area contributed by atoms with E-state index in [9.17, 15) is 8.92 Å². The van der Waals surface area contributed by atoms with Gasteiger partial charge in [0.05, 0.1) is 18.3 Å². The molecule has 0 amide bonds. The number of hydrogen-bond acceptors (Lipinski definition) is 3. The Bertz CT molecular complexity index is 805. The summed E-state index contributed by atoms with van der Waals surface area (Å²) in [7, 11) is 1.53. The van der Waals surface area contributed by atoms with Crippen LogP contribution < -0.4 is 9.68 Å². The summed E-state index contributed by atoms with van der Waals surface area (Å²) in [5.41, 5.74) is 1.46. The molecule has 0 aliphatic heterocycles. The number of aromatic nitrogens is 1. The lowest BCUT2D eigenvalue weighted by atomic mass is 10.1. The van der Waals surface area contributed by atoms with Gasteiger partial charge >= 0.3 is 0 Å². The summed E-state index contributed by atoms with van der Waals surface area (Å²) in [4.78, 5) is 8.33. The molecule has 21 heavy (non-hydrogen) atoms. The molecular formula is C16H11F2NO2. The molecule has 1 aromatic heterocycles. The molecule has 0 saturated carbocycles. The fourth-order valence-electron chi connectivity index (χ4n) is 2.16. The molecular weight excluding hydrogens is 276 g/mol. The smallest absolute Gasteiger partial charge is 0.183 e. The molecule has 106 valence electrons. The predicted octanol–water partition coefficient (Wildman–Crippen LogP) is 4.31. The van der Waals surface area contributed by atoms with Crippen molar-refractivity contribution < 1.29 is 18.6 Å². The Morgan fingerprint density at radius 3 is 2.62 bits per heavy atom. The van der Waals surface area contributed by atoms with Gasteiger partial charge in [-0.25, -0.2) is 9.37 Å². The number of methoxy groups -OCH3 is 1. The SMILES string of the molecule is COc1ccc2c(OF)cc(-c3cccc(F)c3)nc2c1. The second-order valence-corrected chi connectivity index (χ2v) is 4.48. The molecule has 3 rings (SSSR count). The maximum atomic E-state index is 13.3. The lowest BCUT2D eigenvalue weighted by molar-refractivity contribution is -0.00424. The normalized spacial score (nSPS) is 10.6. The molecule has 0 spiro atoms.